The molecule has 1 amide bonds. The lowest BCUT2D eigenvalue weighted by atomic mass is 9.91. The Labute approximate surface area is 178 Å². The maximum Gasteiger partial charge on any atom is 0.407 e. The maximum absolute atomic E-state index is 12.0. The molecule has 162 valence electrons. The number of carbonyl (C=O) groups excluding carboxylic acids is 1. The van der Waals surface area contributed by atoms with Crippen molar-refractivity contribution in [2.45, 2.75) is 71.1 Å². The van der Waals surface area contributed by atoms with Crippen LogP contribution in [0.4, 0.5) is 10.6 Å². The molecule has 2 aromatic rings. The molecule has 1 saturated carbocycles. The highest BCUT2D eigenvalue weighted by molar-refractivity contribution is 5.72. The number of hydrogen-bond acceptors (Lipinski definition) is 6. The zero-order chi connectivity index (χ0) is 21.7. The fraction of sp³-hybridized carbons (Fsp3) is 0.522. The minimum Gasteiger partial charge on any atom is -0.491 e. The van der Waals surface area contributed by atoms with Crippen LogP contribution >= 0.6 is 0 Å². The second-order valence-corrected chi connectivity index (χ2v) is 8.81. The number of hydrogen-bond donors (Lipinski definition) is 2. The minimum atomic E-state index is -0.485. The van der Waals surface area contributed by atoms with Crippen molar-refractivity contribution in [2.75, 3.05) is 12.4 Å². The smallest absolute Gasteiger partial charge is 0.407 e. The van der Waals surface area contributed by atoms with Crippen LogP contribution in [0.2, 0.25) is 0 Å². The largest absolute Gasteiger partial charge is 0.491 e. The monoisotopic (exact) mass is 412 g/mol. The van der Waals surface area contributed by atoms with E-state index in [1.165, 1.54) is 5.56 Å². The Morgan fingerprint density at radius 3 is 2.27 bits per heavy atom. The highest BCUT2D eigenvalue weighted by Crippen LogP contribution is 2.34. The van der Waals surface area contributed by atoms with Gasteiger partial charge in [-0.05, 0) is 53.4 Å². The van der Waals surface area contributed by atoms with Crippen LogP contribution in [0, 0.1) is 6.92 Å². The molecule has 1 aliphatic rings. The summed E-state index contributed by atoms with van der Waals surface area (Å²) in [6.07, 6.45) is 4.83. The van der Waals surface area contributed by atoms with Gasteiger partial charge in [0.05, 0.1) is 7.11 Å². The Bertz CT molecular complexity index is 854. The van der Waals surface area contributed by atoms with E-state index in [0.29, 0.717) is 11.6 Å². The third-order valence-electron chi connectivity index (χ3n) is 5.12. The number of rotatable bonds is 5. The normalized spacial score (nSPS) is 19.1. The van der Waals surface area contributed by atoms with Crippen LogP contribution in [0.25, 0.3) is 11.3 Å². The lowest BCUT2D eigenvalue weighted by Crippen LogP contribution is -2.42. The number of aryl methyl sites for hydroxylation is 1. The first-order valence-corrected chi connectivity index (χ1v) is 10.5. The Morgan fingerprint density at radius 2 is 1.67 bits per heavy atom. The van der Waals surface area contributed by atoms with Crippen LogP contribution in [-0.4, -0.2) is 40.9 Å². The van der Waals surface area contributed by atoms with E-state index >= 15 is 0 Å². The predicted molar refractivity (Wildman–Crippen MR) is 118 cm³/mol. The van der Waals surface area contributed by atoms with Crippen molar-refractivity contribution in [3.05, 3.63) is 36.2 Å². The van der Waals surface area contributed by atoms with Gasteiger partial charge in [-0.3, -0.25) is 0 Å². The molecule has 7 nitrogen and oxygen atoms in total. The Kier molecular flexibility index (Phi) is 6.80. The number of methoxy groups -OCH3 is 1. The van der Waals surface area contributed by atoms with Crippen molar-refractivity contribution < 1.29 is 14.3 Å². The molecule has 0 atom stereocenters. The van der Waals surface area contributed by atoms with Gasteiger partial charge in [-0.15, -0.1) is 0 Å². The van der Waals surface area contributed by atoms with Crippen LogP contribution in [0.15, 0.2) is 30.6 Å². The van der Waals surface area contributed by atoms with Gasteiger partial charge >= 0.3 is 6.09 Å². The van der Waals surface area contributed by atoms with Crippen LogP contribution in [0.5, 0.6) is 5.75 Å². The van der Waals surface area contributed by atoms with Crippen LogP contribution < -0.4 is 15.4 Å². The van der Waals surface area contributed by atoms with Crippen molar-refractivity contribution in [3.8, 4) is 17.0 Å². The number of anilines is 1. The standard InChI is InChI=1S/C23H32N4O3/c1-15-6-8-16(9-7-15)19-20(29-5)21(25-14-24-19)26-17-10-12-18(13-11-17)27-22(28)30-23(2,3)4/h6-9,14,17-18H,10-13H2,1-5H3,(H,27,28)(H,24,25,26). The van der Waals surface area contributed by atoms with E-state index in [0.717, 1.165) is 36.9 Å². The van der Waals surface area contributed by atoms with E-state index in [2.05, 4.69) is 39.7 Å². The highest BCUT2D eigenvalue weighted by atomic mass is 16.6. The summed E-state index contributed by atoms with van der Waals surface area (Å²) < 4.78 is 11.0. The molecule has 1 aromatic heterocycles. The minimum absolute atomic E-state index is 0.133. The molecule has 0 aliphatic heterocycles. The number of amides is 1. The molecule has 1 aliphatic carbocycles. The van der Waals surface area contributed by atoms with Crippen molar-refractivity contribution in [2.24, 2.45) is 0 Å². The summed E-state index contributed by atoms with van der Waals surface area (Å²) in [6, 6.07) is 8.59. The van der Waals surface area contributed by atoms with Gasteiger partial charge in [0.15, 0.2) is 11.6 Å². The summed E-state index contributed by atoms with van der Waals surface area (Å²) >= 11 is 0. The van der Waals surface area contributed by atoms with E-state index in [1.807, 2.05) is 32.9 Å². The predicted octanol–water partition coefficient (Wildman–Crippen LogP) is 4.71. The lowest BCUT2D eigenvalue weighted by Gasteiger charge is -2.31. The maximum atomic E-state index is 12.0. The first-order chi connectivity index (χ1) is 14.2. The summed E-state index contributed by atoms with van der Waals surface area (Å²) in [7, 11) is 1.64. The quantitative estimate of drug-likeness (QED) is 0.740. The third-order valence-corrected chi connectivity index (χ3v) is 5.12. The molecule has 7 heteroatoms. The molecular weight excluding hydrogens is 380 g/mol. The summed E-state index contributed by atoms with van der Waals surface area (Å²) in [5, 5.41) is 6.49. The number of ether oxygens (including phenoxy) is 2. The summed E-state index contributed by atoms with van der Waals surface area (Å²) in [5.74, 6) is 1.35. The second kappa shape index (κ2) is 9.32. The average molecular weight is 413 g/mol. The second-order valence-electron chi connectivity index (χ2n) is 8.81. The Hall–Kier alpha value is -2.83. The van der Waals surface area contributed by atoms with E-state index in [-0.39, 0.29) is 18.2 Å². The van der Waals surface area contributed by atoms with E-state index in [9.17, 15) is 4.79 Å². The molecule has 1 aromatic carbocycles. The summed E-state index contributed by atoms with van der Waals surface area (Å²) in [4.78, 5) is 20.9. The zero-order valence-electron chi connectivity index (χ0n) is 18.5. The average Bonchev–Trinajstić information content (AvgIpc) is 2.68. The van der Waals surface area contributed by atoms with Crippen molar-refractivity contribution in [1.82, 2.24) is 15.3 Å². The van der Waals surface area contributed by atoms with Crippen molar-refractivity contribution in [1.29, 1.82) is 0 Å². The number of nitrogens with zero attached hydrogens (tertiary/aromatic N) is 2. The Morgan fingerprint density at radius 1 is 1.03 bits per heavy atom. The van der Waals surface area contributed by atoms with Gasteiger partial charge in [-0.2, -0.15) is 0 Å². The van der Waals surface area contributed by atoms with Gasteiger partial charge < -0.3 is 20.1 Å². The Balaban J connectivity index is 1.62. The zero-order valence-corrected chi connectivity index (χ0v) is 18.5. The van der Waals surface area contributed by atoms with Gasteiger partial charge in [0, 0.05) is 17.6 Å². The van der Waals surface area contributed by atoms with Gasteiger partial charge in [0.2, 0.25) is 0 Å². The number of nitrogens with one attached hydrogen (secondary N) is 2. The van der Waals surface area contributed by atoms with Gasteiger partial charge in [0.25, 0.3) is 0 Å². The molecule has 1 heterocycles. The lowest BCUT2D eigenvalue weighted by molar-refractivity contribution is 0.0492. The number of benzene rings is 1. The molecule has 0 bridgehead atoms. The van der Waals surface area contributed by atoms with E-state index in [1.54, 1.807) is 13.4 Å². The van der Waals surface area contributed by atoms with E-state index in [4.69, 9.17) is 9.47 Å². The molecule has 0 saturated heterocycles. The molecular formula is C23H32N4O3. The fourth-order valence-corrected chi connectivity index (χ4v) is 3.64. The summed E-state index contributed by atoms with van der Waals surface area (Å²) in [5.41, 5.74) is 2.48. The molecule has 0 unspecified atom stereocenters. The molecule has 3 rings (SSSR count). The third kappa shape index (κ3) is 5.84. The first kappa shape index (κ1) is 21.9. The van der Waals surface area contributed by atoms with Crippen LogP contribution in [0.1, 0.15) is 52.0 Å². The molecule has 0 radical (unpaired) electrons. The van der Waals surface area contributed by atoms with Crippen LogP contribution in [-0.2, 0) is 4.74 Å². The van der Waals surface area contributed by atoms with Gasteiger partial charge in [-0.25, -0.2) is 14.8 Å². The SMILES string of the molecule is COc1c(NC2CCC(NC(=O)OC(C)(C)C)CC2)ncnc1-c1ccc(C)cc1. The topological polar surface area (TPSA) is 85.4 Å². The van der Waals surface area contributed by atoms with Gasteiger partial charge in [-0.1, -0.05) is 29.8 Å². The van der Waals surface area contributed by atoms with E-state index < -0.39 is 5.60 Å². The molecule has 0 spiro atoms. The van der Waals surface area contributed by atoms with Crippen LogP contribution in [0.3, 0.4) is 0 Å². The molecule has 1 fully saturated rings. The highest BCUT2D eigenvalue weighted by Gasteiger charge is 2.26. The van der Waals surface area contributed by atoms with Crippen molar-refractivity contribution >= 4 is 11.9 Å². The summed E-state index contributed by atoms with van der Waals surface area (Å²) in [6.45, 7) is 7.66. The number of alkyl carbamates (subject to hydrolysis) is 1. The number of aromatic nitrogens is 2. The fourth-order valence-electron chi connectivity index (χ4n) is 3.64. The number of carbonyl (C=O) groups is 1. The van der Waals surface area contributed by atoms with Gasteiger partial charge in [0.1, 0.15) is 17.6 Å². The molecule has 30 heavy (non-hydrogen) atoms. The molecule has 2 N–H and O–H groups in total. The van der Waals surface area contributed by atoms with Crippen molar-refractivity contribution in [3.63, 3.8) is 0 Å². The first-order valence-electron chi connectivity index (χ1n) is 10.5.